The van der Waals surface area contributed by atoms with Crippen molar-refractivity contribution in [3.05, 3.63) is 181 Å². The number of hydrogen-bond donors (Lipinski definition) is 0. The van der Waals surface area contributed by atoms with Crippen molar-refractivity contribution in [2.75, 3.05) is 4.90 Å². The van der Waals surface area contributed by atoms with Gasteiger partial charge in [-0.3, -0.25) is 4.79 Å². The molecule has 0 fully saturated rings. The zero-order chi connectivity index (χ0) is 38.0. The topological polar surface area (TPSA) is 59.4 Å². The van der Waals surface area contributed by atoms with Gasteiger partial charge in [0.2, 0.25) is 9.84 Å². The Morgan fingerprint density at radius 3 is 2.04 bits per heavy atom. The smallest absolute Gasteiger partial charge is 0.208 e. The third kappa shape index (κ3) is 4.63. The number of anilines is 3. The summed E-state index contributed by atoms with van der Waals surface area (Å²) in [5.74, 6) is -0.274. The molecule has 0 saturated carbocycles. The maximum Gasteiger partial charge on any atom is 0.208 e. The normalized spacial score (nSPS) is 14.2. The van der Waals surface area contributed by atoms with Crippen LogP contribution >= 0.6 is 23.1 Å². The molecule has 0 bridgehead atoms. The molecule has 2 aromatic heterocycles. The number of benzene rings is 8. The van der Waals surface area contributed by atoms with Crippen molar-refractivity contribution in [1.82, 2.24) is 4.57 Å². The van der Waals surface area contributed by atoms with E-state index in [9.17, 15) is 13.2 Å². The highest BCUT2D eigenvalue weighted by atomic mass is 32.2. The van der Waals surface area contributed by atoms with Crippen LogP contribution < -0.4 is 4.90 Å². The van der Waals surface area contributed by atoms with Gasteiger partial charge in [-0.15, -0.1) is 11.3 Å². The Kier molecular flexibility index (Phi) is 6.91. The van der Waals surface area contributed by atoms with E-state index in [1.165, 1.54) is 32.1 Å². The third-order valence-corrected chi connectivity index (χ3v) is 15.6. The van der Waals surface area contributed by atoms with Crippen molar-refractivity contribution in [3.63, 3.8) is 0 Å². The van der Waals surface area contributed by atoms with E-state index in [0.29, 0.717) is 0 Å². The van der Waals surface area contributed by atoms with Crippen molar-refractivity contribution < 1.29 is 13.2 Å². The summed E-state index contributed by atoms with van der Waals surface area (Å²) in [7, 11) is -3.83. The Bertz CT molecular complexity index is 3490. The van der Waals surface area contributed by atoms with Crippen LogP contribution in [0.3, 0.4) is 0 Å². The Labute approximate surface area is 336 Å². The highest BCUT2D eigenvalue weighted by Crippen LogP contribution is 2.56. The molecule has 0 radical (unpaired) electrons. The van der Waals surface area contributed by atoms with Crippen LogP contribution in [0.5, 0.6) is 0 Å². The number of aromatic nitrogens is 1. The molecule has 0 spiro atoms. The minimum absolute atomic E-state index is 0.0575. The lowest BCUT2D eigenvalue weighted by Crippen LogP contribution is -2.20. The first-order valence-corrected chi connectivity index (χ1v) is 21.7. The quantitative estimate of drug-likeness (QED) is 0.178. The number of carbonyl (C=O) groups excluding carboxylic acids is 1. The first-order chi connectivity index (χ1) is 28.0. The number of ketones is 1. The number of carbonyl (C=O) groups is 1. The van der Waals surface area contributed by atoms with Crippen molar-refractivity contribution in [3.8, 4) is 16.8 Å². The standard InChI is InChI=1S/C49H28N2O3S3/c52-47-35-15-5-9-23-45(35)57(53,54)46-25-24-29(26-37(46)47)31-16-10-17-33-34-18-11-21-40(49(34)56-48(31)33)51-39-20-7-8-22-43(39)55-44-28-41-36(27-42(44)51)32-14-4-6-19-38(32)50(41)30-12-2-1-3-13-30/h1-28H. The summed E-state index contributed by atoms with van der Waals surface area (Å²) in [6.45, 7) is 0. The van der Waals surface area contributed by atoms with Gasteiger partial charge in [0.25, 0.3) is 0 Å². The van der Waals surface area contributed by atoms with E-state index in [1.54, 1.807) is 53.4 Å². The Morgan fingerprint density at radius 2 is 1.14 bits per heavy atom. The monoisotopic (exact) mass is 788 g/mol. The number of para-hydroxylation sites is 3. The van der Waals surface area contributed by atoms with Crippen molar-refractivity contribution in [2.24, 2.45) is 0 Å². The lowest BCUT2D eigenvalue weighted by atomic mass is 9.96. The number of hydrogen-bond acceptors (Lipinski definition) is 6. The van der Waals surface area contributed by atoms with Gasteiger partial charge >= 0.3 is 0 Å². The lowest BCUT2D eigenvalue weighted by Gasteiger charge is -2.33. The second-order valence-electron chi connectivity index (χ2n) is 14.4. The molecule has 270 valence electrons. The van der Waals surface area contributed by atoms with E-state index >= 15 is 0 Å². The molecule has 8 aromatic carbocycles. The SMILES string of the molecule is O=C1c2ccccc2S(=O)(=O)c2ccc(-c3cccc4c3sc3c(N5c6ccccc6Sc6cc7c(cc65)c5ccccc5n7-c5ccccc5)cccc34)cc21. The number of nitrogens with zero attached hydrogens (tertiary/aromatic N) is 2. The highest BCUT2D eigenvalue weighted by molar-refractivity contribution is 7.99. The summed E-state index contributed by atoms with van der Waals surface area (Å²) in [5.41, 5.74) is 8.98. The minimum atomic E-state index is -3.83. The largest absolute Gasteiger partial charge is 0.309 e. The average molecular weight is 789 g/mol. The number of fused-ring (bicyclic) bond motifs is 10. The van der Waals surface area contributed by atoms with Crippen LogP contribution in [0.4, 0.5) is 17.1 Å². The molecule has 0 N–H and O–H groups in total. The van der Waals surface area contributed by atoms with E-state index in [4.69, 9.17) is 0 Å². The highest BCUT2D eigenvalue weighted by Gasteiger charge is 2.35. The number of rotatable bonds is 3. The van der Waals surface area contributed by atoms with Crippen LogP contribution in [0.2, 0.25) is 0 Å². The third-order valence-electron chi connectivity index (χ3n) is 11.3. The Morgan fingerprint density at radius 1 is 0.456 bits per heavy atom. The molecule has 12 rings (SSSR count). The molecule has 0 aliphatic carbocycles. The van der Waals surface area contributed by atoms with Gasteiger partial charge in [-0.05, 0) is 83.9 Å². The summed E-state index contributed by atoms with van der Waals surface area (Å²) < 4.78 is 31.8. The molecule has 0 saturated heterocycles. The van der Waals surface area contributed by atoms with Crippen LogP contribution in [-0.4, -0.2) is 18.8 Å². The van der Waals surface area contributed by atoms with E-state index in [-0.39, 0.29) is 26.7 Å². The van der Waals surface area contributed by atoms with Crippen LogP contribution in [0.15, 0.2) is 189 Å². The molecule has 57 heavy (non-hydrogen) atoms. The van der Waals surface area contributed by atoms with E-state index in [0.717, 1.165) is 59.6 Å². The van der Waals surface area contributed by atoms with Crippen molar-refractivity contribution >= 4 is 97.8 Å². The molecule has 0 unspecified atom stereocenters. The zero-order valence-corrected chi connectivity index (χ0v) is 32.5. The first kappa shape index (κ1) is 32.8. The second-order valence-corrected chi connectivity index (χ2v) is 18.4. The zero-order valence-electron chi connectivity index (χ0n) is 30.0. The van der Waals surface area contributed by atoms with Gasteiger partial charge in [-0.2, -0.15) is 0 Å². The predicted molar refractivity (Wildman–Crippen MR) is 233 cm³/mol. The summed E-state index contributed by atoms with van der Waals surface area (Å²) in [6, 6.07) is 57.0. The molecule has 2 aliphatic heterocycles. The molecule has 0 amide bonds. The van der Waals surface area contributed by atoms with E-state index in [1.807, 2.05) is 12.1 Å². The summed E-state index contributed by atoms with van der Waals surface area (Å²) >= 11 is 3.54. The second kappa shape index (κ2) is 12.0. The molecule has 4 heterocycles. The van der Waals surface area contributed by atoms with Crippen LogP contribution in [-0.2, 0) is 9.84 Å². The number of sulfone groups is 1. The summed E-state index contributed by atoms with van der Waals surface area (Å²) in [5, 5.41) is 4.64. The molecular weight excluding hydrogens is 761 g/mol. The fourth-order valence-electron chi connectivity index (χ4n) is 8.80. The van der Waals surface area contributed by atoms with Gasteiger partial charge in [-0.25, -0.2) is 8.42 Å². The van der Waals surface area contributed by atoms with Gasteiger partial charge in [-0.1, -0.05) is 109 Å². The molecule has 8 heteroatoms. The Hall–Kier alpha value is -6.45. The van der Waals surface area contributed by atoms with Crippen molar-refractivity contribution in [1.29, 1.82) is 0 Å². The van der Waals surface area contributed by atoms with Gasteiger partial charge in [0.15, 0.2) is 5.78 Å². The van der Waals surface area contributed by atoms with E-state index < -0.39 is 9.84 Å². The molecule has 0 atom stereocenters. The molecular formula is C49H28N2O3S3. The maximum absolute atomic E-state index is 13.8. The molecule has 5 nitrogen and oxygen atoms in total. The fourth-order valence-corrected chi connectivity index (χ4v) is 12.8. The summed E-state index contributed by atoms with van der Waals surface area (Å²) in [6.07, 6.45) is 0. The van der Waals surface area contributed by atoms with Crippen molar-refractivity contribution in [2.45, 2.75) is 19.6 Å². The van der Waals surface area contributed by atoms with Gasteiger partial charge < -0.3 is 9.47 Å². The number of thiophene rings is 1. The Balaban J connectivity index is 1.07. The summed E-state index contributed by atoms with van der Waals surface area (Å²) in [4.78, 5) is 18.7. The first-order valence-electron chi connectivity index (χ1n) is 18.6. The molecule has 10 aromatic rings. The predicted octanol–water partition coefficient (Wildman–Crippen LogP) is 13.1. The van der Waals surface area contributed by atoms with Gasteiger partial charge in [0, 0.05) is 52.9 Å². The van der Waals surface area contributed by atoms with Crippen LogP contribution in [0.25, 0.3) is 58.8 Å². The van der Waals surface area contributed by atoms with Gasteiger partial charge in [0.05, 0.1) is 42.6 Å². The van der Waals surface area contributed by atoms with Gasteiger partial charge in [0.1, 0.15) is 0 Å². The lowest BCUT2D eigenvalue weighted by molar-refractivity contribution is 0.103. The van der Waals surface area contributed by atoms with E-state index in [2.05, 4.69) is 131 Å². The van der Waals surface area contributed by atoms with Crippen LogP contribution in [0.1, 0.15) is 15.9 Å². The maximum atomic E-state index is 13.8. The average Bonchev–Trinajstić information content (AvgIpc) is 3.80. The minimum Gasteiger partial charge on any atom is -0.309 e. The van der Waals surface area contributed by atoms with Crippen LogP contribution in [0, 0.1) is 0 Å². The fraction of sp³-hybridized carbons (Fsp3) is 0. The molecule has 2 aliphatic rings.